The first-order valence-electron chi connectivity index (χ1n) is 6.94. The first-order chi connectivity index (χ1) is 9.77. The van der Waals surface area contributed by atoms with Gasteiger partial charge in [0.2, 0.25) is 15.9 Å². The van der Waals surface area contributed by atoms with Gasteiger partial charge in [-0.05, 0) is 36.6 Å². The van der Waals surface area contributed by atoms with E-state index in [1.54, 1.807) is 12.1 Å². The predicted octanol–water partition coefficient (Wildman–Crippen LogP) is 1.30. The van der Waals surface area contributed by atoms with Crippen LogP contribution in [0.15, 0.2) is 29.2 Å². The van der Waals surface area contributed by atoms with Crippen LogP contribution in [0.5, 0.6) is 0 Å². The quantitative estimate of drug-likeness (QED) is 0.706. The van der Waals surface area contributed by atoms with Crippen molar-refractivity contribution in [1.82, 2.24) is 4.72 Å². The van der Waals surface area contributed by atoms with E-state index in [-0.39, 0.29) is 16.7 Å². The Hall–Kier alpha value is -1.44. The zero-order valence-corrected chi connectivity index (χ0v) is 13.4. The zero-order chi connectivity index (χ0) is 16.0. The van der Waals surface area contributed by atoms with Crippen molar-refractivity contribution in [3.05, 3.63) is 24.3 Å². The number of amides is 1. The van der Waals surface area contributed by atoms with Crippen molar-refractivity contribution in [2.45, 2.75) is 38.1 Å². The van der Waals surface area contributed by atoms with Gasteiger partial charge in [-0.3, -0.25) is 4.79 Å². The molecule has 1 rings (SSSR count). The van der Waals surface area contributed by atoms with Crippen LogP contribution in [0.4, 0.5) is 5.69 Å². The number of nitrogens with two attached hydrogens (primary N) is 1. The van der Waals surface area contributed by atoms with Gasteiger partial charge in [-0.25, -0.2) is 13.1 Å². The third kappa shape index (κ3) is 5.11. The molecule has 1 aromatic rings. The standard InChI is InChI=1S/C14H23N3O3S/c1-4-9-16-21(19,20)12-7-5-11(6-8-12)17-14(18)13(15)10(2)3/h5-8,10,13,16H,4,9,15H2,1-3H3,(H,17,18)/t13-/m0/s1. The number of carbonyl (C=O) groups is 1. The van der Waals surface area contributed by atoms with Crippen molar-refractivity contribution >= 4 is 21.6 Å². The summed E-state index contributed by atoms with van der Waals surface area (Å²) in [6, 6.07) is 5.40. The van der Waals surface area contributed by atoms with Crippen LogP contribution in [0.25, 0.3) is 0 Å². The van der Waals surface area contributed by atoms with Gasteiger partial charge < -0.3 is 11.1 Å². The highest BCUT2D eigenvalue weighted by molar-refractivity contribution is 7.89. The van der Waals surface area contributed by atoms with E-state index in [1.807, 2.05) is 20.8 Å². The minimum absolute atomic E-state index is 0.0305. The first-order valence-corrected chi connectivity index (χ1v) is 8.42. The molecule has 0 radical (unpaired) electrons. The van der Waals surface area contributed by atoms with E-state index in [4.69, 9.17) is 5.73 Å². The van der Waals surface area contributed by atoms with Crippen molar-refractivity contribution in [3.8, 4) is 0 Å². The number of hydrogen-bond acceptors (Lipinski definition) is 4. The summed E-state index contributed by atoms with van der Waals surface area (Å²) in [5, 5.41) is 2.67. The number of rotatable bonds is 7. The lowest BCUT2D eigenvalue weighted by Crippen LogP contribution is -2.39. The molecule has 6 nitrogen and oxygen atoms in total. The highest BCUT2D eigenvalue weighted by Crippen LogP contribution is 2.14. The minimum atomic E-state index is -3.48. The van der Waals surface area contributed by atoms with E-state index in [0.717, 1.165) is 6.42 Å². The number of hydrogen-bond donors (Lipinski definition) is 3. The van der Waals surface area contributed by atoms with Gasteiger partial charge in [-0.2, -0.15) is 0 Å². The molecule has 0 aliphatic heterocycles. The van der Waals surface area contributed by atoms with Crippen molar-refractivity contribution < 1.29 is 13.2 Å². The summed E-state index contributed by atoms with van der Waals surface area (Å²) in [4.78, 5) is 12.0. The lowest BCUT2D eigenvalue weighted by molar-refractivity contribution is -0.118. The van der Waals surface area contributed by atoms with Gasteiger partial charge in [0.25, 0.3) is 0 Å². The second kappa shape index (κ2) is 7.53. The van der Waals surface area contributed by atoms with E-state index < -0.39 is 16.1 Å². The smallest absolute Gasteiger partial charge is 0.241 e. The second-order valence-corrected chi connectivity index (χ2v) is 6.95. The Morgan fingerprint density at radius 3 is 2.29 bits per heavy atom. The molecule has 1 amide bonds. The van der Waals surface area contributed by atoms with Gasteiger partial charge >= 0.3 is 0 Å². The van der Waals surface area contributed by atoms with Crippen molar-refractivity contribution in [2.75, 3.05) is 11.9 Å². The van der Waals surface area contributed by atoms with Crippen LogP contribution in [0.2, 0.25) is 0 Å². The Bertz CT molecular complexity index is 568. The maximum absolute atomic E-state index is 11.9. The maximum atomic E-state index is 11.9. The molecule has 0 spiro atoms. The summed E-state index contributed by atoms with van der Waals surface area (Å²) in [6.45, 7) is 6.00. The molecule has 4 N–H and O–H groups in total. The minimum Gasteiger partial charge on any atom is -0.325 e. The molecule has 7 heteroatoms. The van der Waals surface area contributed by atoms with Crippen molar-refractivity contribution in [2.24, 2.45) is 11.7 Å². The molecular formula is C14H23N3O3S. The molecule has 0 saturated heterocycles. The van der Waals surface area contributed by atoms with Crippen LogP contribution < -0.4 is 15.8 Å². The summed E-state index contributed by atoms with van der Waals surface area (Å²) >= 11 is 0. The molecule has 0 unspecified atom stereocenters. The van der Waals surface area contributed by atoms with Crippen LogP contribution in [0, 0.1) is 5.92 Å². The molecule has 0 aliphatic rings. The molecule has 0 fully saturated rings. The fourth-order valence-electron chi connectivity index (χ4n) is 1.57. The monoisotopic (exact) mass is 313 g/mol. The summed E-state index contributed by atoms with van der Waals surface area (Å²) in [5.41, 5.74) is 6.26. The summed E-state index contributed by atoms with van der Waals surface area (Å²) < 4.78 is 26.3. The molecule has 1 aromatic carbocycles. The molecule has 118 valence electrons. The van der Waals surface area contributed by atoms with E-state index in [0.29, 0.717) is 12.2 Å². The molecule has 0 bridgehead atoms. The summed E-state index contributed by atoms with van der Waals surface area (Å²) in [7, 11) is -3.48. The van der Waals surface area contributed by atoms with E-state index in [9.17, 15) is 13.2 Å². The third-order valence-corrected chi connectivity index (χ3v) is 4.47. The van der Waals surface area contributed by atoms with Crippen molar-refractivity contribution in [1.29, 1.82) is 0 Å². The van der Waals surface area contributed by atoms with E-state index in [2.05, 4.69) is 10.0 Å². The fraction of sp³-hybridized carbons (Fsp3) is 0.500. The Morgan fingerprint density at radius 2 is 1.81 bits per heavy atom. The van der Waals surface area contributed by atoms with E-state index in [1.165, 1.54) is 12.1 Å². The highest BCUT2D eigenvalue weighted by Gasteiger charge is 2.18. The molecular weight excluding hydrogens is 290 g/mol. The maximum Gasteiger partial charge on any atom is 0.241 e. The lowest BCUT2D eigenvalue weighted by atomic mass is 10.1. The van der Waals surface area contributed by atoms with Gasteiger partial charge in [0.1, 0.15) is 0 Å². The Balaban J connectivity index is 2.77. The Labute approximate surface area is 126 Å². The number of anilines is 1. The molecule has 0 saturated carbocycles. The van der Waals surface area contributed by atoms with Crippen molar-refractivity contribution in [3.63, 3.8) is 0 Å². The highest BCUT2D eigenvalue weighted by atomic mass is 32.2. The van der Waals surface area contributed by atoms with Crippen LogP contribution >= 0.6 is 0 Å². The average Bonchev–Trinajstić information content (AvgIpc) is 2.44. The Kier molecular flexibility index (Phi) is 6.32. The van der Waals surface area contributed by atoms with Gasteiger partial charge in [0.15, 0.2) is 0 Å². The topological polar surface area (TPSA) is 101 Å². The third-order valence-electron chi connectivity index (χ3n) is 3.00. The van der Waals surface area contributed by atoms with Gasteiger partial charge in [0.05, 0.1) is 10.9 Å². The number of sulfonamides is 1. The van der Waals surface area contributed by atoms with E-state index >= 15 is 0 Å². The van der Waals surface area contributed by atoms with Gasteiger partial charge in [-0.1, -0.05) is 20.8 Å². The molecule has 1 atom stereocenters. The number of nitrogens with one attached hydrogen (secondary N) is 2. The zero-order valence-electron chi connectivity index (χ0n) is 12.6. The first kappa shape index (κ1) is 17.6. The normalized spacial score (nSPS) is 13.2. The second-order valence-electron chi connectivity index (χ2n) is 5.18. The predicted molar refractivity (Wildman–Crippen MR) is 83.4 cm³/mol. The van der Waals surface area contributed by atoms with Crippen LogP contribution in [0.1, 0.15) is 27.2 Å². The summed E-state index contributed by atoms with van der Waals surface area (Å²) in [5.74, 6) is -0.257. The summed E-state index contributed by atoms with van der Waals surface area (Å²) in [6.07, 6.45) is 0.723. The van der Waals surface area contributed by atoms with Crippen LogP contribution in [0.3, 0.4) is 0 Å². The fourth-order valence-corrected chi connectivity index (χ4v) is 2.70. The van der Waals surface area contributed by atoms with Gasteiger partial charge in [-0.15, -0.1) is 0 Å². The van der Waals surface area contributed by atoms with Gasteiger partial charge in [0, 0.05) is 12.2 Å². The number of carbonyl (C=O) groups excluding carboxylic acids is 1. The molecule has 0 aromatic heterocycles. The average molecular weight is 313 g/mol. The molecule has 0 heterocycles. The lowest BCUT2D eigenvalue weighted by Gasteiger charge is -2.15. The molecule has 0 aliphatic carbocycles. The molecule has 21 heavy (non-hydrogen) atoms. The SMILES string of the molecule is CCCNS(=O)(=O)c1ccc(NC(=O)[C@@H](N)C(C)C)cc1. The number of benzene rings is 1. The Morgan fingerprint density at radius 1 is 1.24 bits per heavy atom. The van der Waals surface area contributed by atoms with Crippen LogP contribution in [-0.4, -0.2) is 26.9 Å². The van der Waals surface area contributed by atoms with Crippen LogP contribution in [-0.2, 0) is 14.8 Å². The largest absolute Gasteiger partial charge is 0.325 e.